The lowest BCUT2D eigenvalue weighted by Crippen LogP contribution is -2.48. The van der Waals surface area contributed by atoms with Gasteiger partial charge in [0, 0.05) is 13.1 Å². The molecule has 8 nitrogen and oxygen atoms in total. The molecular formula is C25H41N3O5. The Morgan fingerprint density at radius 2 is 1.58 bits per heavy atom. The highest BCUT2D eigenvalue weighted by Crippen LogP contribution is 2.24. The van der Waals surface area contributed by atoms with Crippen molar-refractivity contribution in [1.29, 1.82) is 0 Å². The van der Waals surface area contributed by atoms with E-state index in [1.165, 1.54) is 17.0 Å². The standard InChI is InChI=1S/C25H41N3O5/c1-6-8-10-16-26-23(31)22(19-12-14-20(29)15-13-19)28(17-11-9-7-2)21(30)18-27-24(32)33-25(3,4)5/h12-15,22,29H,6-11,16-18H2,1-5H3,(H,26,31)(H,27,32). The fourth-order valence-electron chi connectivity index (χ4n) is 3.31. The van der Waals surface area contributed by atoms with E-state index in [9.17, 15) is 19.5 Å². The third-order valence-electron chi connectivity index (χ3n) is 4.95. The molecule has 33 heavy (non-hydrogen) atoms. The Morgan fingerprint density at radius 1 is 0.970 bits per heavy atom. The summed E-state index contributed by atoms with van der Waals surface area (Å²) < 4.78 is 5.22. The highest BCUT2D eigenvalue weighted by molar-refractivity contribution is 5.90. The van der Waals surface area contributed by atoms with Crippen LogP contribution in [0.15, 0.2) is 24.3 Å². The van der Waals surface area contributed by atoms with Gasteiger partial charge in [0.1, 0.15) is 23.9 Å². The first-order valence-corrected chi connectivity index (χ1v) is 11.9. The summed E-state index contributed by atoms with van der Waals surface area (Å²) in [6, 6.07) is 5.43. The van der Waals surface area contributed by atoms with Gasteiger partial charge in [-0.1, -0.05) is 51.7 Å². The number of carbonyl (C=O) groups excluding carboxylic acids is 3. The second-order valence-corrected chi connectivity index (χ2v) is 9.14. The molecule has 0 radical (unpaired) electrons. The largest absolute Gasteiger partial charge is 0.508 e. The summed E-state index contributed by atoms with van der Waals surface area (Å²) in [5.41, 5.74) is -0.0798. The fraction of sp³-hybridized carbons (Fsp3) is 0.640. The number of nitrogens with zero attached hydrogens (tertiary/aromatic N) is 1. The van der Waals surface area contributed by atoms with Gasteiger partial charge in [-0.15, -0.1) is 0 Å². The lowest BCUT2D eigenvalue weighted by Gasteiger charge is -2.32. The number of nitrogens with one attached hydrogen (secondary N) is 2. The summed E-state index contributed by atoms with van der Waals surface area (Å²) in [4.78, 5) is 40.0. The molecule has 1 rings (SSSR count). The molecule has 3 N–H and O–H groups in total. The molecule has 0 aliphatic carbocycles. The molecule has 0 aliphatic rings. The van der Waals surface area contributed by atoms with E-state index in [0.29, 0.717) is 18.7 Å². The number of hydrogen-bond donors (Lipinski definition) is 3. The Balaban J connectivity index is 3.09. The van der Waals surface area contributed by atoms with Crippen LogP contribution >= 0.6 is 0 Å². The number of phenolic OH excluding ortho intramolecular Hbond substituents is 1. The SMILES string of the molecule is CCCCCNC(=O)C(c1ccc(O)cc1)N(CCCCC)C(=O)CNC(=O)OC(C)(C)C. The molecule has 0 heterocycles. The van der Waals surface area contributed by atoms with E-state index in [2.05, 4.69) is 24.5 Å². The Kier molecular flexibility index (Phi) is 12.3. The summed E-state index contributed by atoms with van der Waals surface area (Å²) in [6.45, 7) is 10.0. The number of carbonyl (C=O) groups is 3. The minimum atomic E-state index is -0.864. The van der Waals surface area contributed by atoms with Crippen molar-refractivity contribution in [2.24, 2.45) is 0 Å². The van der Waals surface area contributed by atoms with Crippen LogP contribution in [-0.4, -0.2) is 53.1 Å². The van der Waals surface area contributed by atoms with E-state index in [-0.39, 0.29) is 24.1 Å². The molecule has 186 valence electrons. The molecule has 0 aliphatic heterocycles. The molecule has 3 amide bonds. The van der Waals surface area contributed by atoms with Crippen molar-refractivity contribution >= 4 is 17.9 Å². The number of rotatable bonds is 13. The highest BCUT2D eigenvalue weighted by atomic mass is 16.6. The van der Waals surface area contributed by atoms with Gasteiger partial charge in [-0.25, -0.2) is 4.79 Å². The summed E-state index contributed by atoms with van der Waals surface area (Å²) in [5, 5.41) is 15.1. The van der Waals surface area contributed by atoms with E-state index in [1.807, 2.05) is 0 Å². The molecule has 0 aromatic heterocycles. The first-order chi connectivity index (χ1) is 15.6. The van der Waals surface area contributed by atoms with Gasteiger partial charge in [-0.05, 0) is 51.3 Å². The number of alkyl carbamates (subject to hydrolysis) is 1. The molecule has 0 saturated heterocycles. The Labute approximate surface area is 198 Å². The summed E-state index contributed by atoms with van der Waals surface area (Å²) in [7, 11) is 0. The molecule has 0 spiro atoms. The number of unbranched alkanes of at least 4 members (excludes halogenated alkanes) is 4. The van der Waals surface area contributed by atoms with Crippen LogP contribution in [0.1, 0.15) is 84.7 Å². The quantitative estimate of drug-likeness (QED) is 0.378. The van der Waals surface area contributed by atoms with Gasteiger partial charge in [0.15, 0.2) is 0 Å². The summed E-state index contributed by atoms with van der Waals surface area (Å²) in [6.07, 6.45) is 4.81. The van der Waals surface area contributed by atoms with Crippen molar-refractivity contribution in [2.75, 3.05) is 19.6 Å². The van der Waals surface area contributed by atoms with Crippen LogP contribution in [0.2, 0.25) is 0 Å². The molecule has 1 aromatic carbocycles. The van der Waals surface area contributed by atoms with E-state index in [1.54, 1.807) is 32.9 Å². The zero-order valence-electron chi connectivity index (χ0n) is 20.8. The van der Waals surface area contributed by atoms with Crippen molar-refractivity contribution in [2.45, 2.75) is 84.8 Å². The van der Waals surface area contributed by atoms with Crippen molar-refractivity contribution < 1.29 is 24.2 Å². The average Bonchev–Trinajstić information content (AvgIpc) is 2.74. The van der Waals surface area contributed by atoms with Crippen LogP contribution in [0.4, 0.5) is 4.79 Å². The van der Waals surface area contributed by atoms with Crippen molar-refractivity contribution in [3.05, 3.63) is 29.8 Å². The van der Waals surface area contributed by atoms with Gasteiger partial charge < -0.3 is 25.4 Å². The molecular weight excluding hydrogens is 422 g/mol. The topological polar surface area (TPSA) is 108 Å². The van der Waals surface area contributed by atoms with E-state index < -0.39 is 17.7 Å². The molecule has 0 fully saturated rings. The van der Waals surface area contributed by atoms with Crippen LogP contribution in [0.25, 0.3) is 0 Å². The highest BCUT2D eigenvalue weighted by Gasteiger charge is 2.31. The van der Waals surface area contributed by atoms with Crippen LogP contribution in [0, 0.1) is 0 Å². The van der Waals surface area contributed by atoms with Crippen LogP contribution in [-0.2, 0) is 14.3 Å². The first-order valence-electron chi connectivity index (χ1n) is 11.9. The molecule has 8 heteroatoms. The number of phenols is 1. The van der Waals surface area contributed by atoms with Gasteiger partial charge >= 0.3 is 6.09 Å². The number of amides is 3. The Bertz CT molecular complexity index is 743. The molecule has 1 aromatic rings. The number of ether oxygens (including phenoxy) is 1. The van der Waals surface area contributed by atoms with Gasteiger partial charge in [-0.2, -0.15) is 0 Å². The van der Waals surface area contributed by atoms with E-state index >= 15 is 0 Å². The van der Waals surface area contributed by atoms with Crippen LogP contribution < -0.4 is 10.6 Å². The smallest absolute Gasteiger partial charge is 0.408 e. The zero-order valence-corrected chi connectivity index (χ0v) is 20.8. The lowest BCUT2D eigenvalue weighted by molar-refractivity contribution is -0.140. The maximum Gasteiger partial charge on any atom is 0.408 e. The van der Waals surface area contributed by atoms with E-state index in [4.69, 9.17) is 4.74 Å². The molecule has 0 saturated carbocycles. The van der Waals surface area contributed by atoms with Gasteiger partial charge in [0.2, 0.25) is 11.8 Å². The average molecular weight is 464 g/mol. The van der Waals surface area contributed by atoms with Crippen molar-refractivity contribution in [3.63, 3.8) is 0 Å². The number of hydrogen-bond acceptors (Lipinski definition) is 5. The van der Waals surface area contributed by atoms with E-state index in [0.717, 1.165) is 38.5 Å². The first kappa shape index (κ1) is 28.3. The predicted molar refractivity (Wildman–Crippen MR) is 129 cm³/mol. The minimum Gasteiger partial charge on any atom is -0.508 e. The third kappa shape index (κ3) is 11.1. The zero-order chi connectivity index (χ0) is 24.9. The Morgan fingerprint density at radius 3 is 2.15 bits per heavy atom. The van der Waals surface area contributed by atoms with Gasteiger partial charge in [-0.3, -0.25) is 9.59 Å². The van der Waals surface area contributed by atoms with Crippen molar-refractivity contribution in [3.8, 4) is 5.75 Å². The van der Waals surface area contributed by atoms with Crippen molar-refractivity contribution in [1.82, 2.24) is 15.5 Å². The van der Waals surface area contributed by atoms with Crippen LogP contribution in [0.3, 0.4) is 0 Å². The van der Waals surface area contributed by atoms with Gasteiger partial charge in [0.05, 0.1) is 0 Å². The lowest BCUT2D eigenvalue weighted by atomic mass is 10.0. The summed E-state index contributed by atoms with van der Waals surface area (Å²) >= 11 is 0. The summed E-state index contributed by atoms with van der Waals surface area (Å²) in [5.74, 6) is -0.575. The Hall–Kier alpha value is -2.77. The second kappa shape index (κ2) is 14.4. The second-order valence-electron chi connectivity index (χ2n) is 9.14. The number of aromatic hydroxyl groups is 1. The minimum absolute atomic E-state index is 0.0799. The maximum absolute atomic E-state index is 13.2. The van der Waals surface area contributed by atoms with Crippen LogP contribution in [0.5, 0.6) is 5.75 Å². The fourth-order valence-corrected chi connectivity index (χ4v) is 3.31. The normalized spacial score (nSPS) is 12.0. The molecule has 1 atom stereocenters. The molecule has 0 bridgehead atoms. The monoisotopic (exact) mass is 463 g/mol. The van der Waals surface area contributed by atoms with Gasteiger partial charge in [0.25, 0.3) is 0 Å². The third-order valence-corrected chi connectivity index (χ3v) is 4.95. The number of benzene rings is 1. The predicted octanol–water partition coefficient (Wildman–Crippen LogP) is 4.28. The maximum atomic E-state index is 13.2. The molecule has 1 unspecified atom stereocenters.